The smallest absolute Gasteiger partial charge is 0.224 e. The van der Waals surface area contributed by atoms with Crippen molar-refractivity contribution in [3.05, 3.63) is 59.8 Å². The standard InChI is InChI=1S/C25H25N3O2/c29-21(11-6-16-28-14-2-1-3-15-28)27-20-10-5-8-18-23(20)25(30)19-9-4-7-17-12-13-26-24(18)22(17)19/h4-5,7-10,12-13H,1-3,6,11,14-16H2,(H,27,29). The van der Waals surface area contributed by atoms with Gasteiger partial charge in [0.25, 0.3) is 0 Å². The zero-order valence-electron chi connectivity index (χ0n) is 17.0. The summed E-state index contributed by atoms with van der Waals surface area (Å²) in [6.45, 7) is 3.24. The first-order valence-electron chi connectivity index (χ1n) is 10.8. The number of fused-ring (bicyclic) bond motifs is 2. The van der Waals surface area contributed by atoms with E-state index in [2.05, 4.69) is 15.2 Å². The molecule has 3 aromatic rings. The lowest BCUT2D eigenvalue weighted by Crippen LogP contribution is -2.31. The van der Waals surface area contributed by atoms with Crippen molar-refractivity contribution in [2.45, 2.75) is 32.1 Å². The van der Waals surface area contributed by atoms with E-state index < -0.39 is 0 Å². The number of benzene rings is 2. The largest absolute Gasteiger partial charge is 0.325 e. The van der Waals surface area contributed by atoms with Gasteiger partial charge in [-0.3, -0.25) is 14.6 Å². The van der Waals surface area contributed by atoms with Crippen molar-refractivity contribution in [3.63, 3.8) is 0 Å². The summed E-state index contributed by atoms with van der Waals surface area (Å²) in [6.07, 6.45) is 6.89. The molecule has 0 atom stereocenters. The molecule has 152 valence electrons. The quantitative estimate of drug-likeness (QED) is 0.531. The lowest BCUT2D eigenvalue weighted by molar-refractivity contribution is -0.116. The van der Waals surface area contributed by atoms with Gasteiger partial charge in [0, 0.05) is 29.1 Å². The highest BCUT2D eigenvalue weighted by Gasteiger charge is 2.28. The predicted octanol–water partition coefficient (Wildman–Crippen LogP) is 4.65. The van der Waals surface area contributed by atoms with Crippen LogP contribution in [0.4, 0.5) is 5.69 Å². The van der Waals surface area contributed by atoms with Crippen molar-refractivity contribution in [3.8, 4) is 11.3 Å². The average Bonchev–Trinajstić information content (AvgIpc) is 2.78. The summed E-state index contributed by atoms with van der Waals surface area (Å²) in [5.74, 6) is -0.0986. The van der Waals surface area contributed by atoms with Gasteiger partial charge in [0.2, 0.25) is 5.91 Å². The van der Waals surface area contributed by atoms with Crippen LogP contribution >= 0.6 is 0 Å². The van der Waals surface area contributed by atoms with Gasteiger partial charge in [-0.15, -0.1) is 0 Å². The molecule has 2 aromatic carbocycles. The number of likely N-dealkylation sites (tertiary alicyclic amines) is 1. The fraction of sp³-hybridized carbons (Fsp3) is 0.320. The number of hydrogen-bond donors (Lipinski definition) is 1. The second-order valence-electron chi connectivity index (χ2n) is 8.17. The Balaban J connectivity index is 1.38. The SMILES string of the molecule is O=C(CCCN1CCCCC1)Nc1cccc2c1C(=O)c1cccc3ccnc-2c13. The Labute approximate surface area is 176 Å². The molecule has 0 bridgehead atoms. The number of amides is 1. The molecule has 2 heterocycles. The molecule has 5 heteroatoms. The highest BCUT2D eigenvalue weighted by atomic mass is 16.1. The maximum Gasteiger partial charge on any atom is 0.224 e. The number of rotatable bonds is 5. The van der Waals surface area contributed by atoms with Gasteiger partial charge >= 0.3 is 0 Å². The number of hydrogen-bond acceptors (Lipinski definition) is 4. The number of ketones is 1. The molecule has 2 aliphatic rings. The summed E-state index contributed by atoms with van der Waals surface area (Å²) in [7, 11) is 0. The van der Waals surface area contributed by atoms with Crippen molar-refractivity contribution in [2.75, 3.05) is 25.0 Å². The topological polar surface area (TPSA) is 62.3 Å². The summed E-state index contributed by atoms with van der Waals surface area (Å²) >= 11 is 0. The first-order valence-corrected chi connectivity index (χ1v) is 10.8. The van der Waals surface area contributed by atoms with Gasteiger partial charge in [-0.25, -0.2) is 0 Å². The maximum atomic E-state index is 13.3. The van der Waals surface area contributed by atoms with Crippen LogP contribution in [0.2, 0.25) is 0 Å². The van der Waals surface area contributed by atoms with Crippen LogP contribution in [-0.2, 0) is 4.79 Å². The number of carbonyl (C=O) groups excluding carboxylic acids is 2. The van der Waals surface area contributed by atoms with Crippen LogP contribution in [0.1, 0.15) is 48.0 Å². The van der Waals surface area contributed by atoms with Crippen LogP contribution in [0.25, 0.3) is 22.0 Å². The highest BCUT2D eigenvalue weighted by molar-refractivity contribution is 6.27. The van der Waals surface area contributed by atoms with Gasteiger partial charge in [-0.05, 0) is 56.4 Å². The van der Waals surface area contributed by atoms with Crippen molar-refractivity contribution >= 4 is 28.2 Å². The molecule has 1 amide bonds. The van der Waals surface area contributed by atoms with E-state index >= 15 is 0 Å². The van der Waals surface area contributed by atoms with Gasteiger partial charge in [-0.1, -0.05) is 36.8 Å². The average molecular weight is 399 g/mol. The molecule has 0 radical (unpaired) electrons. The molecule has 0 spiro atoms. The Morgan fingerprint density at radius 2 is 1.80 bits per heavy atom. The molecule has 5 nitrogen and oxygen atoms in total. The third kappa shape index (κ3) is 3.39. The van der Waals surface area contributed by atoms with E-state index in [1.54, 1.807) is 6.20 Å². The molecule has 1 N–H and O–H groups in total. The number of carbonyl (C=O) groups is 2. The first kappa shape index (κ1) is 18.9. The minimum Gasteiger partial charge on any atom is -0.325 e. The Kier molecular flexibility index (Phi) is 5.05. The monoisotopic (exact) mass is 399 g/mol. The van der Waals surface area contributed by atoms with Crippen LogP contribution in [0.3, 0.4) is 0 Å². The fourth-order valence-electron chi connectivity index (χ4n) is 4.72. The molecule has 0 saturated carbocycles. The summed E-state index contributed by atoms with van der Waals surface area (Å²) in [4.78, 5) is 33.0. The van der Waals surface area contributed by atoms with Crippen LogP contribution < -0.4 is 5.32 Å². The fourth-order valence-corrected chi connectivity index (χ4v) is 4.72. The molecule has 1 aliphatic carbocycles. The van der Waals surface area contributed by atoms with Crippen LogP contribution in [0.5, 0.6) is 0 Å². The molecule has 5 rings (SSSR count). The van der Waals surface area contributed by atoms with E-state index in [0.717, 1.165) is 48.1 Å². The van der Waals surface area contributed by atoms with E-state index in [9.17, 15) is 9.59 Å². The normalized spacial score (nSPS) is 15.8. The second-order valence-corrected chi connectivity index (χ2v) is 8.17. The molecule has 1 aliphatic heterocycles. The summed E-state index contributed by atoms with van der Waals surface area (Å²) in [6, 6.07) is 13.3. The van der Waals surface area contributed by atoms with Gasteiger partial charge < -0.3 is 10.2 Å². The van der Waals surface area contributed by atoms with Gasteiger partial charge in [0.05, 0.1) is 16.9 Å². The van der Waals surface area contributed by atoms with Crippen molar-refractivity contribution in [1.82, 2.24) is 9.88 Å². The van der Waals surface area contributed by atoms with Gasteiger partial charge in [0.1, 0.15) is 0 Å². The number of aromatic nitrogens is 1. The first-order chi connectivity index (χ1) is 14.7. The molecular weight excluding hydrogens is 374 g/mol. The lowest BCUT2D eigenvalue weighted by atomic mass is 9.85. The predicted molar refractivity (Wildman–Crippen MR) is 119 cm³/mol. The Hall–Kier alpha value is -3.05. The number of anilines is 1. The molecule has 1 fully saturated rings. The Morgan fingerprint density at radius 1 is 1.00 bits per heavy atom. The zero-order valence-corrected chi connectivity index (χ0v) is 17.0. The molecular formula is C25H25N3O2. The van der Waals surface area contributed by atoms with Crippen molar-refractivity contribution in [1.29, 1.82) is 0 Å². The van der Waals surface area contributed by atoms with Crippen molar-refractivity contribution in [2.24, 2.45) is 0 Å². The van der Waals surface area contributed by atoms with Crippen LogP contribution in [-0.4, -0.2) is 41.2 Å². The van der Waals surface area contributed by atoms with Crippen LogP contribution in [0, 0.1) is 0 Å². The minimum atomic E-state index is -0.0553. The van der Waals surface area contributed by atoms with E-state index in [1.807, 2.05) is 42.5 Å². The third-order valence-corrected chi connectivity index (χ3v) is 6.18. The van der Waals surface area contributed by atoms with Crippen molar-refractivity contribution < 1.29 is 9.59 Å². The van der Waals surface area contributed by atoms with Crippen LogP contribution in [0.15, 0.2) is 48.7 Å². The van der Waals surface area contributed by atoms with Gasteiger partial charge in [-0.2, -0.15) is 0 Å². The lowest BCUT2D eigenvalue weighted by Gasteiger charge is -2.26. The van der Waals surface area contributed by atoms with E-state index in [0.29, 0.717) is 23.2 Å². The second kappa shape index (κ2) is 8.00. The summed E-state index contributed by atoms with van der Waals surface area (Å²) < 4.78 is 0. The van der Waals surface area contributed by atoms with Gasteiger partial charge in [0.15, 0.2) is 5.78 Å². The molecule has 0 unspecified atom stereocenters. The third-order valence-electron chi connectivity index (χ3n) is 6.18. The number of nitrogens with zero attached hydrogens (tertiary/aromatic N) is 2. The zero-order chi connectivity index (χ0) is 20.5. The maximum absolute atomic E-state index is 13.3. The number of pyridine rings is 1. The Morgan fingerprint density at radius 3 is 2.67 bits per heavy atom. The summed E-state index contributed by atoms with van der Waals surface area (Å²) in [5.41, 5.74) is 3.36. The minimum absolute atomic E-state index is 0.0433. The van der Waals surface area contributed by atoms with E-state index in [1.165, 1.54) is 19.3 Å². The van der Waals surface area contributed by atoms with E-state index in [-0.39, 0.29) is 11.7 Å². The number of nitrogens with one attached hydrogen (secondary N) is 1. The molecule has 1 aromatic heterocycles. The summed E-state index contributed by atoms with van der Waals surface area (Å²) in [5, 5.41) is 4.89. The number of piperidine rings is 1. The van der Waals surface area contributed by atoms with E-state index in [4.69, 9.17) is 0 Å². The molecule has 1 saturated heterocycles. The highest BCUT2D eigenvalue weighted by Crippen LogP contribution is 2.40. The molecule has 30 heavy (non-hydrogen) atoms. The Bertz CT molecular complexity index is 1130.